The van der Waals surface area contributed by atoms with Crippen molar-refractivity contribution in [1.82, 2.24) is 0 Å². The summed E-state index contributed by atoms with van der Waals surface area (Å²) in [7, 11) is 0. The van der Waals surface area contributed by atoms with Crippen LogP contribution in [0.3, 0.4) is 0 Å². The molecule has 0 radical (unpaired) electrons. The molecule has 2 rings (SSSR count). The predicted octanol–water partition coefficient (Wildman–Crippen LogP) is 4.04. The standard InChI is InChI=1S/C17H18.Zr/c1-12-5-7-16(14(3)9-12)11-17-8-6-13(2)10-15(17)4;/h5-10H,1-4H3;/q;+2. The van der Waals surface area contributed by atoms with Gasteiger partial charge in [0.15, 0.2) is 0 Å². The van der Waals surface area contributed by atoms with Crippen LogP contribution in [0.15, 0.2) is 36.4 Å². The molecule has 0 atom stereocenters. The second-order valence-electron chi connectivity index (χ2n) is 5.01. The van der Waals surface area contributed by atoms with Crippen LogP contribution in [0.25, 0.3) is 0 Å². The van der Waals surface area contributed by atoms with Gasteiger partial charge in [-0.3, -0.25) is 0 Å². The van der Waals surface area contributed by atoms with E-state index in [2.05, 4.69) is 64.1 Å². The van der Waals surface area contributed by atoms with Gasteiger partial charge < -0.3 is 0 Å². The van der Waals surface area contributed by atoms with Crippen molar-refractivity contribution in [2.45, 2.75) is 27.7 Å². The maximum absolute atomic E-state index is 2.27. The topological polar surface area (TPSA) is 0 Å². The van der Waals surface area contributed by atoms with Crippen molar-refractivity contribution in [2.75, 3.05) is 0 Å². The summed E-state index contributed by atoms with van der Waals surface area (Å²) in [6.07, 6.45) is 0. The van der Waals surface area contributed by atoms with Crippen molar-refractivity contribution in [1.29, 1.82) is 0 Å². The molecule has 0 unspecified atom stereocenters. The quantitative estimate of drug-likeness (QED) is 0.785. The third-order valence-electron chi connectivity index (χ3n) is 3.30. The fraction of sp³-hybridized carbons (Fsp3) is 0.235. The Kier molecular flexibility index (Phi) is 4.12. The van der Waals surface area contributed by atoms with E-state index >= 15 is 0 Å². The Morgan fingerprint density at radius 1 is 0.722 bits per heavy atom. The number of aryl methyl sites for hydroxylation is 4. The molecule has 2 aromatic carbocycles. The van der Waals surface area contributed by atoms with E-state index in [4.69, 9.17) is 0 Å². The summed E-state index contributed by atoms with van der Waals surface area (Å²) in [4.78, 5) is 0. The van der Waals surface area contributed by atoms with Crippen LogP contribution >= 0.6 is 0 Å². The summed E-state index contributed by atoms with van der Waals surface area (Å²) >= 11 is 1.48. The van der Waals surface area contributed by atoms with Crippen molar-refractivity contribution in [3.8, 4) is 0 Å². The molecule has 0 spiro atoms. The molecule has 0 aromatic heterocycles. The Balaban J connectivity index is 2.48. The Hall–Kier alpha value is -0.807. The third kappa shape index (κ3) is 2.78. The molecule has 0 saturated carbocycles. The molecule has 0 aliphatic carbocycles. The summed E-state index contributed by atoms with van der Waals surface area (Å²) in [5.41, 5.74) is 8.21. The van der Waals surface area contributed by atoms with Crippen molar-refractivity contribution in [3.05, 3.63) is 69.8 Å². The van der Waals surface area contributed by atoms with E-state index in [0.29, 0.717) is 0 Å². The molecule has 1 heteroatoms. The predicted molar refractivity (Wildman–Crippen MR) is 75.0 cm³/mol. The number of hydrogen-bond acceptors (Lipinski definition) is 0. The first-order valence-corrected chi connectivity index (χ1v) is 7.46. The fourth-order valence-electron chi connectivity index (χ4n) is 2.33. The SMILES string of the molecule is Cc1ccc([C](=[Zr+2])c2ccc(C)cc2C)c(C)c1. The zero-order valence-corrected chi connectivity index (χ0v) is 13.9. The van der Waals surface area contributed by atoms with Gasteiger partial charge in [-0.25, -0.2) is 0 Å². The molecule has 0 amide bonds. The molecule has 0 heterocycles. The van der Waals surface area contributed by atoms with Gasteiger partial charge in [-0.05, 0) is 0 Å². The summed E-state index contributed by atoms with van der Waals surface area (Å²) in [6, 6.07) is 13.5. The van der Waals surface area contributed by atoms with Gasteiger partial charge in [0.2, 0.25) is 0 Å². The molecule has 2 aromatic rings. The zero-order valence-electron chi connectivity index (χ0n) is 11.5. The van der Waals surface area contributed by atoms with Crippen LogP contribution in [0.1, 0.15) is 33.4 Å². The van der Waals surface area contributed by atoms with Crippen molar-refractivity contribution >= 4 is 3.21 Å². The van der Waals surface area contributed by atoms with Crippen molar-refractivity contribution in [2.24, 2.45) is 0 Å². The van der Waals surface area contributed by atoms with Crippen LogP contribution in [-0.4, -0.2) is 3.21 Å². The molecule has 88 valence electrons. The maximum atomic E-state index is 2.27. The number of benzene rings is 2. The normalized spacial score (nSPS) is 10.6. The Morgan fingerprint density at radius 2 is 1.11 bits per heavy atom. The summed E-state index contributed by atoms with van der Waals surface area (Å²) < 4.78 is 1.46. The molecular formula is C17H18Zr+2. The van der Waals surface area contributed by atoms with Crippen LogP contribution in [0.4, 0.5) is 0 Å². The Bertz CT molecular complexity index is 556. The van der Waals surface area contributed by atoms with E-state index < -0.39 is 0 Å². The first-order valence-electron chi connectivity index (χ1n) is 6.23. The molecule has 0 saturated heterocycles. The van der Waals surface area contributed by atoms with Crippen LogP contribution in [0.2, 0.25) is 0 Å². The first kappa shape index (κ1) is 13.6. The summed E-state index contributed by atoms with van der Waals surface area (Å²) in [5, 5.41) is 0. The van der Waals surface area contributed by atoms with Crippen LogP contribution in [-0.2, 0) is 24.2 Å². The minimum absolute atomic E-state index is 1.33. The first-order chi connectivity index (χ1) is 8.49. The summed E-state index contributed by atoms with van der Waals surface area (Å²) in [6.45, 7) is 8.71. The number of rotatable bonds is 2. The van der Waals surface area contributed by atoms with E-state index in [0.717, 1.165) is 0 Å². The molecule has 18 heavy (non-hydrogen) atoms. The van der Waals surface area contributed by atoms with E-state index in [1.54, 1.807) is 0 Å². The average molecular weight is 314 g/mol. The molecular weight excluding hydrogens is 295 g/mol. The van der Waals surface area contributed by atoms with Gasteiger partial charge in [-0.1, -0.05) is 0 Å². The van der Waals surface area contributed by atoms with Crippen LogP contribution in [0, 0.1) is 27.7 Å². The zero-order chi connectivity index (χ0) is 13.3. The second kappa shape index (κ2) is 5.45. The summed E-state index contributed by atoms with van der Waals surface area (Å²) in [5.74, 6) is 0. The van der Waals surface area contributed by atoms with E-state index in [1.165, 1.54) is 60.8 Å². The second-order valence-corrected chi connectivity index (χ2v) is 6.24. The number of hydrogen-bond donors (Lipinski definition) is 0. The molecule has 0 aliphatic heterocycles. The van der Waals surface area contributed by atoms with Gasteiger partial charge in [0.1, 0.15) is 0 Å². The van der Waals surface area contributed by atoms with E-state index in [-0.39, 0.29) is 0 Å². The van der Waals surface area contributed by atoms with Crippen molar-refractivity contribution < 1.29 is 24.2 Å². The van der Waals surface area contributed by atoms with E-state index in [9.17, 15) is 0 Å². The fourth-order valence-corrected chi connectivity index (χ4v) is 3.71. The molecule has 0 N–H and O–H groups in total. The molecule has 0 bridgehead atoms. The molecule has 0 fully saturated rings. The minimum atomic E-state index is 1.33. The van der Waals surface area contributed by atoms with Gasteiger partial charge in [0.25, 0.3) is 0 Å². The van der Waals surface area contributed by atoms with Crippen LogP contribution < -0.4 is 0 Å². The van der Waals surface area contributed by atoms with Gasteiger partial charge in [-0.15, -0.1) is 0 Å². The Morgan fingerprint density at radius 3 is 1.44 bits per heavy atom. The van der Waals surface area contributed by atoms with E-state index in [1.807, 2.05) is 0 Å². The van der Waals surface area contributed by atoms with Crippen molar-refractivity contribution in [3.63, 3.8) is 0 Å². The monoisotopic (exact) mass is 312 g/mol. The van der Waals surface area contributed by atoms with Gasteiger partial charge >= 0.3 is 125 Å². The molecule has 0 nitrogen and oxygen atoms in total. The molecule has 0 aliphatic rings. The van der Waals surface area contributed by atoms with Crippen LogP contribution in [0.5, 0.6) is 0 Å². The third-order valence-corrected chi connectivity index (χ3v) is 4.63. The Labute approximate surface area is 124 Å². The van der Waals surface area contributed by atoms with Gasteiger partial charge in [-0.2, -0.15) is 0 Å². The van der Waals surface area contributed by atoms with Gasteiger partial charge in [0, 0.05) is 0 Å². The van der Waals surface area contributed by atoms with Gasteiger partial charge in [0.05, 0.1) is 0 Å². The average Bonchev–Trinajstić information content (AvgIpc) is 2.28.